The van der Waals surface area contributed by atoms with Crippen molar-refractivity contribution in [1.82, 2.24) is 0 Å². The number of aliphatic hydroxyl groups excluding tert-OH is 1. The van der Waals surface area contributed by atoms with Crippen LogP contribution >= 0.6 is 0 Å². The van der Waals surface area contributed by atoms with Gasteiger partial charge in [0.05, 0.1) is 0 Å². The van der Waals surface area contributed by atoms with Gasteiger partial charge in [-0.25, -0.2) is 0 Å². The molecule has 0 saturated heterocycles. The number of benzene rings is 5. The maximum Gasteiger partial charge on any atom is 0.123 e. The minimum absolute atomic E-state index is 0.0308. The highest BCUT2D eigenvalue weighted by atomic mass is 16.5. The van der Waals surface area contributed by atoms with Crippen LogP contribution in [-0.4, -0.2) is 16.8 Å². The van der Waals surface area contributed by atoms with Crippen molar-refractivity contribution in [1.29, 1.82) is 0 Å². The first kappa shape index (κ1) is 26.8. The summed E-state index contributed by atoms with van der Waals surface area (Å²) in [5.41, 5.74) is 6.56. The third-order valence-electron chi connectivity index (χ3n) is 6.68. The topological polar surface area (TPSA) is 58.9 Å². The normalized spacial score (nSPS) is 11.5. The Hall–Kier alpha value is -4.80. The van der Waals surface area contributed by atoms with Gasteiger partial charge in [-0.3, -0.25) is 0 Å². The molecule has 0 bridgehead atoms. The third kappa shape index (κ3) is 6.79. The number of phenolic OH excluding ortho intramolecular Hbond substituents is 1. The Labute approximate surface area is 235 Å². The Balaban J connectivity index is 1.46. The third-order valence-corrected chi connectivity index (χ3v) is 6.68. The van der Waals surface area contributed by atoms with Gasteiger partial charge in [-0.05, 0) is 70.2 Å². The van der Waals surface area contributed by atoms with Gasteiger partial charge in [0.1, 0.15) is 30.5 Å². The van der Waals surface area contributed by atoms with Crippen LogP contribution in [0.4, 0.5) is 0 Å². The molecule has 4 heteroatoms. The highest BCUT2D eigenvalue weighted by molar-refractivity contribution is 6.00. The van der Waals surface area contributed by atoms with Crippen molar-refractivity contribution in [2.24, 2.45) is 0 Å². The molecule has 2 N–H and O–H groups in total. The molecule has 0 radical (unpaired) electrons. The molecule has 0 aliphatic rings. The van der Waals surface area contributed by atoms with E-state index in [0.29, 0.717) is 25.2 Å². The summed E-state index contributed by atoms with van der Waals surface area (Å²) in [6.07, 6.45) is 0.417. The summed E-state index contributed by atoms with van der Waals surface area (Å²) in [5.74, 6) is 1.70. The average Bonchev–Trinajstić information content (AvgIpc) is 3.01. The Morgan fingerprint density at radius 1 is 0.525 bits per heavy atom. The van der Waals surface area contributed by atoms with Gasteiger partial charge in [0.25, 0.3) is 0 Å². The first-order valence-corrected chi connectivity index (χ1v) is 13.4. The lowest BCUT2D eigenvalue weighted by Crippen LogP contribution is -2.00. The number of rotatable bonds is 11. The van der Waals surface area contributed by atoms with Crippen LogP contribution in [0.1, 0.15) is 34.2 Å². The van der Waals surface area contributed by atoms with Crippen molar-refractivity contribution >= 4 is 11.1 Å². The van der Waals surface area contributed by atoms with E-state index in [0.717, 1.165) is 44.9 Å². The fourth-order valence-corrected chi connectivity index (χ4v) is 4.65. The standard InChI is InChI=1S/C36H32O4/c37-24-23-33(29-15-19-31(20-16-29)39-25-27-9-3-1-4-10-27)36(34-13-7-8-14-35(34)38)30-17-21-32(22-18-30)40-26-28-11-5-2-6-12-28/h1-22,37-38H,23-26H2. The molecule has 0 aliphatic heterocycles. The molecule has 0 aliphatic carbocycles. The van der Waals surface area contributed by atoms with Crippen LogP contribution in [0.2, 0.25) is 0 Å². The van der Waals surface area contributed by atoms with Gasteiger partial charge in [-0.1, -0.05) is 103 Å². The van der Waals surface area contributed by atoms with E-state index in [1.54, 1.807) is 6.07 Å². The predicted octanol–water partition coefficient (Wildman–Crippen LogP) is 7.89. The number of aromatic hydroxyl groups is 1. The zero-order valence-corrected chi connectivity index (χ0v) is 22.2. The Morgan fingerprint density at radius 3 is 1.50 bits per heavy atom. The van der Waals surface area contributed by atoms with E-state index in [1.165, 1.54) is 0 Å². The minimum atomic E-state index is -0.0308. The van der Waals surface area contributed by atoms with Gasteiger partial charge in [0.15, 0.2) is 0 Å². The number of ether oxygens (including phenoxy) is 2. The maximum atomic E-state index is 10.9. The van der Waals surface area contributed by atoms with Gasteiger partial charge in [0.2, 0.25) is 0 Å². The van der Waals surface area contributed by atoms with E-state index in [9.17, 15) is 10.2 Å². The molecule has 40 heavy (non-hydrogen) atoms. The molecular weight excluding hydrogens is 496 g/mol. The molecule has 0 amide bonds. The summed E-state index contributed by atoms with van der Waals surface area (Å²) in [6, 6.07) is 43.2. The molecule has 5 aromatic rings. The summed E-state index contributed by atoms with van der Waals surface area (Å²) in [7, 11) is 0. The second kappa shape index (κ2) is 13.3. The van der Waals surface area contributed by atoms with E-state index < -0.39 is 0 Å². The Morgan fingerprint density at radius 2 is 1.00 bits per heavy atom. The summed E-state index contributed by atoms with van der Waals surface area (Å²) in [6.45, 7) is 0.940. The number of para-hydroxylation sites is 1. The van der Waals surface area contributed by atoms with E-state index >= 15 is 0 Å². The zero-order valence-electron chi connectivity index (χ0n) is 22.2. The molecule has 0 spiro atoms. The van der Waals surface area contributed by atoms with Crippen LogP contribution in [-0.2, 0) is 13.2 Å². The second-order valence-corrected chi connectivity index (χ2v) is 9.44. The first-order valence-electron chi connectivity index (χ1n) is 13.4. The van der Waals surface area contributed by atoms with Crippen molar-refractivity contribution in [3.63, 3.8) is 0 Å². The number of hydrogen-bond acceptors (Lipinski definition) is 4. The number of phenols is 1. The van der Waals surface area contributed by atoms with Gasteiger partial charge in [-0.2, -0.15) is 0 Å². The Bertz CT molecular complexity index is 1520. The monoisotopic (exact) mass is 528 g/mol. The van der Waals surface area contributed by atoms with Crippen molar-refractivity contribution in [3.05, 3.63) is 161 Å². The quantitative estimate of drug-likeness (QED) is 0.171. The van der Waals surface area contributed by atoms with Crippen LogP contribution in [0.25, 0.3) is 11.1 Å². The van der Waals surface area contributed by atoms with Gasteiger partial charge in [-0.15, -0.1) is 0 Å². The predicted molar refractivity (Wildman–Crippen MR) is 160 cm³/mol. The molecule has 0 atom stereocenters. The van der Waals surface area contributed by atoms with Crippen LogP contribution < -0.4 is 9.47 Å². The van der Waals surface area contributed by atoms with E-state index in [2.05, 4.69) is 0 Å². The molecule has 0 saturated carbocycles. The molecule has 0 unspecified atom stereocenters. The molecule has 0 fully saturated rings. The summed E-state index contributed by atoms with van der Waals surface area (Å²) < 4.78 is 12.0. The lowest BCUT2D eigenvalue weighted by atomic mass is 9.87. The SMILES string of the molecule is OCCC(=C(c1ccc(OCc2ccccc2)cc1)c1ccccc1O)c1ccc(OCc2ccccc2)cc1. The smallest absolute Gasteiger partial charge is 0.123 e. The van der Waals surface area contributed by atoms with Crippen molar-refractivity contribution in [3.8, 4) is 17.2 Å². The van der Waals surface area contributed by atoms with Crippen LogP contribution in [0.3, 0.4) is 0 Å². The largest absolute Gasteiger partial charge is 0.507 e. The van der Waals surface area contributed by atoms with Crippen LogP contribution in [0.15, 0.2) is 133 Å². The number of hydrogen-bond donors (Lipinski definition) is 2. The van der Waals surface area contributed by atoms with Crippen molar-refractivity contribution < 1.29 is 19.7 Å². The van der Waals surface area contributed by atoms with Crippen molar-refractivity contribution in [2.75, 3.05) is 6.61 Å². The lowest BCUT2D eigenvalue weighted by Gasteiger charge is -2.18. The average molecular weight is 529 g/mol. The molecular formula is C36H32O4. The lowest BCUT2D eigenvalue weighted by molar-refractivity contribution is 0.304. The maximum absolute atomic E-state index is 10.9. The Kier molecular flexibility index (Phi) is 8.92. The van der Waals surface area contributed by atoms with Crippen molar-refractivity contribution in [2.45, 2.75) is 19.6 Å². The molecule has 5 aromatic carbocycles. The van der Waals surface area contributed by atoms with Gasteiger partial charge >= 0.3 is 0 Å². The van der Waals surface area contributed by atoms with Crippen LogP contribution in [0.5, 0.6) is 17.2 Å². The van der Waals surface area contributed by atoms with Crippen LogP contribution in [0, 0.1) is 0 Å². The van der Waals surface area contributed by atoms with Gasteiger partial charge < -0.3 is 19.7 Å². The highest BCUT2D eigenvalue weighted by Gasteiger charge is 2.17. The number of aliphatic hydroxyl groups is 1. The van der Waals surface area contributed by atoms with E-state index in [-0.39, 0.29) is 12.4 Å². The molecule has 0 heterocycles. The fraction of sp³-hybridized carbons (Fsp3) is 0.111. The molecule has 4 nitrogen and oxygen atoms in total. The molecule has 0 aromatic heterocycles. The van der Waals surface area contributed by atoms with E-state index in [1.807, 2.05) is 127 Å². The fourth-order valence-electron chi connectivity index (χ4n) is 4.65. The minimum Gasteiger partial charge on any atom is -0.507 e. The first-order chi connectivity index (χ1) is 19.7. The highest BCUT2D eigenvalue weighted by Crippen LogP contribution is 2.39. The summed E-state index contributed by atoms with van der Waals surface area (Å²) in [5, 5.41) is 20.9. The van der Waals surface area contributed by atoms with E-state index in [4.69, 9.17) is 9.47 Å². The summed E-state index contributed by atoms with van der Waals surface area (Å²) in [4.78, 5) is 0. The summed E-state index contributed by atoms with van der Waals surface area (Å²) >= 11 is 0. The second-order valence-electron chi connectivity index (χ2n) is 9.44. The zero-order chi connectivity index (χ0) is 27.6. The van der Waals surface area contributed by atoms with Gasteiger partial charge in [0, 0.05) is 12.2 Å². The molecule has 200 valence electrons. The molecule has 5 rings (SSSR count).